The molecule has 1 aromatic heterocycles. The first kappa shape index (κ1) is 11.6. The second-order valence-corrected chi connectivity index (χ2v) is 5.17. The third kappa shape index (κ3) is 2.01. The Kier molecular flexibility index (Phi) is 3.33. The van der Waals surface area contributed by atoms with Crippen LogP contribution in [0.25, 0.3) is 0 Å². The number of rotatable bonds is 5. The predicted octanol–water partition coefficient (Wildman–Crippen LogP) is 2.87. The molecule has 90 valence electrons. The molecule has 3 heteroatoms. The van der Waals surface area contributed by atoms with Crippen molar-refractivity contribution in [1.82, 2.24) is 9.55 Å². The molecule has 0 saturated heterocycles. The molecule has 3 nitrogen and oxygen atoms in total. The Morgan fingerprint density at radius 1 is 1.50 bits per heavy atom. The molecule has 1 fully saturated rings. The van der Waals surface area contributed by atoms with Gasteiger partial charge in [0.05, 0.1) is 12.0 Å². The van der Waals surface area contributed by atoms with Crippen LogP contribution in [0.15, 0.2) is 12.5 Å². The van der Waals surface area contributed by atoms with E-state index in [1.807, 2.05) is 12.5 Å². The van der Waals surface area contributed by atoms with E-state index in [4.69, 9.17) is 5.73 Å². The highest BCUT2D eigenvalue weighted by Crippen LogP contribution is 2.45. The van der Waals surface area contributed by atoms with Crippen LogP contribution in [0.2, 0.25) is 0 Å². The number of hydrogen-bond donors (Lipinski definition) is 1. The molecule has 1 aliphatic carbocycles. The summed E-state index contributed by atoms with van der Waals surface area (Å²) in [5, 5.41) is 0. The average Bonchev–Trinajstić information content (AvgIpc) is 2.70. The van der Waals surface area contributed by atoms with E-state index in [2.05, 4.69) is 23.4 Å². The van der Waals surface area contributed by atoms with E-state index in [0.29, 0.717) is 5.41 Å². The maximum atomic E-state index is 6.10. The van der Waals surface area contributed by atoms with Gasteiger partial charge in [0.15, 0.2) is 0 Å². The monoisotopic (exact) mass is 221 g/mol. The van der Waals surface area contributed by atoms with Crippen molar-refractivity contribution in [3.05, 3.63) is 18.2 Å². The number of hydrogen-bond acceptors (Lipinski definition) is 2. The zero-order valence-corrected chi connectivity index (χ0v) is 10.4. The first-order valence-electron chi connectivity index (χ1n) is 6.46. The van der Waals surface area contributed by atoms with E-state index in [9.17, 15) is 0 Å². The van der Waals surface area contributed by atoms with Gasteiger partial charge in [-0.2, -0.15) is 0 Å². The summed E-state index contributed by atoms with van der Waals surface area (Å²) in [6.07, 6.45) is 10.2. The summed E-state index contributed by atoms with van der Waals surface area (Å²) < 4.78 is 2.27. The largest absolute Gasteiger partial charge is 0.333 e. The first-order chi connectivity index (χ1) is 7.71. The van der Waals surface area contributed by atoms with Crippen molar-refractivity contribution in [2.24, 2.45) is 11.1 Å². The van der Waals surface area contributed by atoms with Gasteiger partial charge in [-0.25, -0.2) is 4.98 Å². The van der Waals surface area contributed by atoms with E-state index in [-0.39, 0.29) is 6.04 Å². The summed E-state index contributed by atoms with van der Waals surface area (Å²) >= 11 is 0. The fourth-order valence-electron chi connectivity index (χ4n) is 2.64. The van der Waals surface area contributed by atoms with Gasteiger partial charge in [-0.15, -0.1) is 0 Å². The van der Waals surface area contributed by atoms with Crippen LogP contribution in [-0.4, -0.2) is 9.55 Å². The van der Waals surface area contributed by atoms with Gasteiger partial charge in [0, 0.05) is 18.8 Å². The van der Waals surface area contributed by atoms with Crippen molar-refractivity contribution in [1.29, 1.82) is 0 Å². The lowest BCUT2D eigenvalue weighted by molar-refractivity contribution is 0.0986. The number of nitrogens with zero attached hydrogens (tertiary/aromatic N) is 2. The number of aromatic nitrogens is 2. The van der Waals surface area contributed by atoms with Crippen molar-refractivity contribution < 1.29 is 0 Å². The van der Waals surface area contributed by atoms with E-state index >= 15 is 0 Å². The van der Waals surface area contributed by atoms with Gasteiger partial charge >= 0.3 is 0 Å². The van der Waals surface area contributed by atoms with Gasteiger partial charge < -0.3 is 10.3 Å². The molecule has 16 heavy (non-hydrogen) atoms. The van der Waals surface area contributed by atoms with Gasteiger partial charge in [-0.05, 0) is 31.1 Å². The molecule has 1 aromatic rings. The summed E-state index contributed by atoms with van der Waals surface area (Å²) in [7, 11) is 0. The summed E-state index contributed by atoms with van der Waals surface area (Å²) in [6.45, 7) is 5.53. The fraction of sp³-hybridized carbons (Fsp3) is 0.769. The zero-order valence-electron chi connectivity index (χ0n) is 10.4. The molecular weight excluding hydrogens is 198 g/mol. The third-order valence-corrected chi connectivity index (χ3v) is 4.23. The number of nitrogens with two attached hydrogens (primary N) is 1. The topological polar surface area (TPSA) is 43.8 Å². The van der Waals surface area contributed by atoms with Crippen LogP contribution in [0.5, 0.6) is 0 Å². The maximum absolute atomic E-state index is 6.10. The summed E-state index contributed by atoms with van der Waals surface area (Å²) in [4.78, 5) is 4.25. The lowest BCUT2D eigenvalue weighted by Crippen LogP contribution is -2.34. The van der Waals surface area contributed by atoms with E-state index in [1.54, 1.807) is 0 Å². The van der Waals surface area contributed by atoms with E-state index < -0.39 is 0 Å². The average molecular weight is 221 g/mol. The van der Waals surface area contributed by atoms with Gasteiger partial charge in [-0.1, -0.05) is 20.3 Å². The van der Waals surface area contributed by atoms with Gasteiger partial charge in [0.25, 0.3) is 0 Å². The van der Waals surface area contributed by atoms with Crippen LogP contribution < -0.4 is 5.73 Å². The van der Waals surface area contributed by atoms with E-state index in [0.717, 1.165) is 13.0 Å². The lowest BCUT2D eigenvalue weighted by Gasteiger charge is -2.42. The third-order valence-electron chi connectivity index (χ3n) is 4.23. The standard InChI is InChI=1S/C13H23N3/c1-3-11(14)12-8-15-10-16(12)9-13(4-2)6-5-7-13/h8,10-11H,3-7,9,14H2,1-2H3/t11-/m1/s1. The molecule has 1 atom stereocenters. The van der Waals surface area contributed by atoms with Crippen LogP contribution in [0.1, 0.15) is 57.7 Å². The molecule has 0 amide bonds. The first-order valence-corrected chi connectivity index (χ1v) is 6.46. The zero-order chi connectivity index (χ0) is 11.6. The maximum Gasteiger partial charge on any atom is 0.0948 e. The Morgan fingerprint density at radius 3 is 2.75 bits per heavy atom. The molecule has 0 aliphatic heterocycles. The molecule has 0 spiro atoms. The normalized spacial score (nSPS) is 20.4. The Hall–Kier alpha value is -0.830. The second-order valence-electron chi connectivity index (χ2n) is 5.17. The Labute approximate surface area is 98.1 Å². The molecule has 0 unspecified atom stereocenters. The molecule has 0 radical (unpaired) electrons. The van der Waals surface area contributed by atoms with Crippen molar-refractivity contribution in [3.63, 3.8) is 0 Å². The van der Waals surface area contributed by atoms with Gasteiger partial charge in [0.1, 0.15) is 0 Å². The molecule has 1 saturated carbocycles. The van der Waals surface area contributed by atoms with Crippen LogP contribution in [0.4, 0.5) is 0 Å². The minimum Gasteiger partial charge on any atom is -0.333 e. The lowest BCUT2D eigenvalue weighted by atomic mass is 9.67. The van der Waals surface area contributed by atoms with Crippen LogP contribution >= 0.6 is 0 Å². The van der Waals surface area contributed by atoms with E-state index in [1.165, 1.54) is 31.4 Å². The van der Waals surface area contributed by atoms with Crippen LogP contribution in [0, 0.1) is 5.41 Å². The summed E-state index contributed by atoms with van der Waals surface area (Å²) in [5.41, 5.74) is 7.83. The van der Waals surface area contributed by atoms with Crippen molar-refractivity contribution in [3.8, 4) is 0 Å². The summed E-state index contributed by atoms with van der Waals surface area (Å²) in [6, 6.07) is 0.136. The highest BCUT2D eigenvalue weighted by molar-refractivity contribution is 5.05. The smallest absolute Gasteiger partial charge is 0.0948 e. The van der Waals surface area contributed by atoms with Crippen molar-refractivity contribution in [2.45, 2.75) is 58.5 Å². The number of imidazole rings is 1. The molecule has 2 rings (SSSR count). The van der Waals surface area contributed by atoms with Gasteiger partial charge in [0.2, 0.25) is 0 Å². The minimum absolute atomic E-state index is 0.136. The van der Waals surface area contributed by atoms with Crippen LogP contribution in [0.3, 0.4) is 0 Å². The second kappa shape index (κ2) is 4.58. The molecule has 0 bridgehead atoms. The molecule has 1 aliphatic rings. The summed E-state index contributed by atoms with van der Waals surface area (Å²) in [5.74, 6) is 0. The SMILES string of the molecule is CC[C@@H](N)c1cncn1CC1(CC)CCC1. The quantitative estimate of drug-likeness (QED) is 0.831. The predicted molar refractivity (Wildman–Crippen MR) is 66.0 cm³/mol. The van der Waals surface area contributed by atoms with Crippen LogP contribution in [-0.2, 0) is 6.54 Å². The molecule has 0 aromatic carbocycles. The molecule has 1 heterocycles. The van der Waals surface area contributed by atoms with Crippen molar-refractivity contribution >= 4 is 0 Å². The highest BCUT2D eigenvalue weighted by Gasteiger charge is 2.35. The Morgan fingerprint density at radius 2 is 2.25 bits per heavy atom. The Balaban J connectivity index is 2.12. The molecule has 2 N–H and O–H groups in total. The van der Waals surface area contributed by atoms with Gasteiger partial charge in [-0.3, -0.25) is 0 Å². The molecular formula is C13H23N3. The minimum atomic E-state index is 0.136. The Bertz CT molecular complexity index is 333. The highest BCUT2D eigenvalue weighted by atomic mass is 15.1. The fourth-order valence-corrected chi connectivity index (χ4v) is 2.64. The van der Waals surface area contributed by atoms with Crippen molar-refractivity contribution in [2.75, 3.05) is 0 Å².